The number of nitrogens with one attached hydrogen (secondary N) is 1. The largest absolute Gasteiger partial charge is 0.273 e. The van der Waals surface area contributed by atoms with Crippen LogP contribution >= 0.6 is 0 Å². The molecule has 0 saturated heterocycles. The van der Waals surface area contributed by atoms with Crippen molar-refractivity contribution in [1.82, 2.24) is 5.43 Å². The van der Waals surface area contributed by atoms with E-state index in [0.717, 1.165) is 31.4 Å². The van der Waals surface area contributed by atoms with Crippen molar-refractivity contribution in [3.63, 3.8) is 0 Å². The zero-order valence-corrected chi connectivity index (χ0v) is 13.1. The highest BCUT2D eigenvalue weighted by atomic mass is 16.2. The van der Waals surface area contributed by atoms with E-state index < -0.39 is 0 Å². The van der Waals surface area contributed by atoms with Crippen LogP contribution < -0.4 is 5.43 Å². The predicted octanol–water partition coefficient (Wildman–Crippen LogP) is 4.81. The van der Waals surface area contributed by atoms with Gasteiger partial charge < -0.3 is 0 Å². The standard InChI is InChI=1S/C16H32N2O/c1-4-6-8-9-10-11-12-14-16(19)18-17-15(3)13-7-5-2/h4-14H2,1-3H3,(H,18,19)/b17-15+. The topological polar surface area (TPSA) is 41.5 Å². The zero-order valence-electron chi connectivity index (χ0n) is 13.1. The normalized spacial score (nSPS) is 11.6. The summed E-state index contributed by atoms with van der Waals surface area (Å²) in [6.07, 6.45) is 12.6. The predicted molar refractivity (Wildman–Crippen MR) is 83.4 cm³/mol. The van der Waals surface area contributed by atoms with Crippen molar-refractivity contribution in [3.8, 4) is 0 Å². The molecule has 19 heavy (non-hydrogen) atoms. The third-order valence-electron chi connectivity index (χ3n) is 3.27. The third kappa shape index (κ3) is 13.4. The van der Waals surface area contributed by atoms with Crippen LogP contribution in [-0.2, 0) is 4.79 Å². The Morgan fingerprint density at radius 2 is 1.42 bits per heavy atom. The lowest BCUT2D eigenvalue weighted by Gasteiger charge is -2.03. The van der Waals surface area contributed by atoms with Gasteiger partial charge in [0.1, 0.15) is 0 Å². The van der Waals surface area contributed by atoms with Gasteiger partial charge in [0.15, 0.2) is 0 Å². The van der Waals surface area contributed by atoms with Gasteiger partial charge in [-0.05, 0) is 26.2 Å². The third-order valence-corrected chi connectivity index (χ3v) is 3.27. The van der Waals surface area contributed by atoms with Gasteiger partial charge in [0, 0.05) is 12.1 Å². The van der Waals surface area contributed by atoms with Crippen LogP contribution in [0.4, 0.5) is 0 Å². The number of hydrazone groups is 1. The number of carbonyl (C=O) groups is 1. The summed E-state index contributed by atoms with van der Waals surface area (Å²) >= 11 is 0. The lowest BCUT2D eigenvalue weighted by atomic mass is 10.1. The zero-order chi connectivity index (χ0) is 14.3. The van der Waals surface area contributed by atoms with Crippen LogP contribution in [0.2, 0.25) is 0 Å². The van der Waals surface area contributed by atoms with E-state index in [-0.39, 0.29) is 5.91 Å². The minimum absolute atomic E-state index is 0.0596. The molecule has 0 aromatic heterocycles. The highest BCUT2D eigenvalue weighted by molar-refractivity contribution is 5.84. The maximum Gasteiger partial charge on any atom is 0.240 e. The van der Waals surface area contributed by atoms with Crippen molar-refractivity contribution in [2.75, 3.05) is 0 Å². The first-order chi connectivity index (χ1) is 9.20. The summed E-state index contributed by atoms with van der Waals surface area (Å²) in [7, 11) is 0. The first-order valence-electron chi connectivity index (χ1n) is 8.02. The summed E-state index contributed by atoms with van der Waals surface area (Å²) in [6, 6.07) is 0. The summed E-state index contributed by atoms with van der Waals surface area (Å²) in [5, 5.41) is 4.12. The molecule has 0 atom stereocenters. The van der Waals surface area contributed by atoms with E-state index in [0.29, 0.717) is 6.42 Å². The van der Waals surface area contributed by atoms with Gasteiger partial charge in [-0.3, -0.25) is 4.79 Å². The molecule has 0 aromatic rings. The smallest absolute Gasteiger partial charge is 0.240 e. The second kappa shape index (κ2) is 13.6. The molecule has 0 fully saturated rings. The fourth-order valence-corrected chi connectivity index (χ4v) is 1.94. The van der Waals surface area contributed by atoms with Crippen LogP contribution in [0.25, 0.3) is 0 Å². The van der Waals surface area contributed by atoms with Crippen molar-refractivity contribution < 1.29 is 4.79 Å². The molecule has 0 radical (unpaired) electrons. The van der Waals surface area contributed by atoms with Gasteiger partial charge in [-0.2, -0.15) is 5.10 Å². The lowest BCUT2D eigenvalue weighted by molar-refractivity contribution is -0.121. The minimum atomic E-state index is 0.0596. The van der Waals surface area contributed by atoms with Gasteiger partial charge in [0.25, 0.3) is 0 Å². The summed E-state index contributed by atoms with van der Waals surface area (Å²) in [6.45, 7) is 6.36. The Bertz CT molecular complexity index is 249. The Morgan fingerprint density at radius 3 is 2.05 bits per heavy atom. The summed E-state index contributed by atoms with van der Waals surface area (Å²) < 4.78 is 0. The summed E-state index contributed by atoms with van der Waals surface area (Å²) in [5.41, 5.74) is 3.67. The second-order valence-corrected chi connectivity index (χ2v) is 5.36. The monoisotopic (exact) mass is 268 g/mol. The van der Waals surface area contributed by atoms with Crippen LogP contribution in [0, 0.1) is 0 Å². The summed E-state index contributed by atoms with van der Waals surface area (Å²) in [5.74, 6) is 0.0596. The van der Waals surface area contributed by atoms with E-state index in [1.807, 2.05) is 6.92 Å². The molecule has 0 saturated carbocycles. The maximum absolute atomic E-state index is 11.5. The molecule has 1 amide bonds. The first kappa shape index (κ1) is 18.1. The highest BCUT2D eigenvalue weighted by Gasteiger charge is 2.00. The van der Waals surface area contributed by atoms with Gasteiger partial charge in [0.05, 0.1) is 0 Å². The lowest BCUT2D eigenvalue weighted by Crippen LogP contribution is -2.18. The number of nitrogens with zero attached hydrogens (tertiary/aromatic N) is 1. The second-order valence-electron chi connectivity index (χ2n) is 5.36. The Balaban J connectivity index is 3.43. The number of rotatable bonds is 12. The van der Waals surface area contributed by atoms with E-state index in [4.69, 9.17) is 0 Å². The number of amides is 1. The van der Waals surface area contributed by atoms with E-state index in [1.165, 1.54) is 38.5 Å². The molecule has 0 aromatic carbocycles. The van der Waals surface area contributed by atoms with Crippen molar-refractivity contribution in [1.29, 1.82) is 0 Å². The van der Waals surface area contributed by atoms with Crippen molar-refractivity contribution in [2.45, 2.75) is 91.4 Å². The first-order valence-corrected chi connectivity index (χ1v) is 8.02. The Morgan fingerprint density at radius 1 is 0.842 bits per heavy atom. The van der Waals surface area contributed by atoms with Crippen LogP contribution in [0.1, 0.15) is 91.4 Å². The number of carbonyl (C=O) groups excluding carboxylic acids is 1. The van der Waals surface area contributed by atoms with E-state index in [9.17, 15) is 4.79 Å². The van der Waals surface area contributed by atoms with Crippen LogP contribution in [0.5, 0.6) is 0 Å². The molecule has 0 rings (SSSR count). The average Bonchev–Trinajstić information content (AvgIpc) is 2.41. The van der Waals surface area contributed by atoms with Gasteiger partial charge in [-0.25, -0.2) is 5.43 Å². The molecule has 0 bridgehead atoms. The molecule has 1 N–H and O–H groups in total. The van der Waals surface area contributed by atoms with Crippen molar-refractivity contribution in [2.24, 2.45) is 5.10 Å². The molecule has 0 aliphatic carbocycles. The van der Waals surface area contributed by atoms with E-state index in [2.05, 4.69) is 24.4 Å². The van der Waals surface area contributed by atoms with Crippen LogP contribution in [0.3, 0.4) is 0 Å². The molecule has 0 aliphatic heterocycles. The number of unbranched alkanes of at least 4 members (excludes halogenated alkanes) is 7. The van der Waals surface area contributed by atoms with Gasteiger partial charge in [0.2, 0.25) is 5.91 Å². The molecule has 112 valence electrons. The highest BCUT2D eigenvalue weighted by Crippen LogP contribution is 2.08. The van der Waals surface area contributed by atoms with Crippen LogP contribution in [0.15, 0.2) is 5.10 Å². The number of hydrogen-bond acceptors (Lipinski definition) is 2. The van der Waals surface area contributed by atoms with E-state index >= 15 is 0 Å². The van der Waals surface area contributed by atoms with Gasteiger partial charge in [-0.1, -0.05) is 58.8 Å². The number of hydrogen-bond donors (Lipinski definition) is 1. The minimum Gasteiger partial charge on any atom is -0.273 e. The molecule has 0 aliphatic rings. The SMILES string of the molecule is CCCCCCCCCC(=O)N/N=C(\C)CCCC. The fraction of sp³-hybridized carbons (Fsp3) is 0.875. The molecule has 3 nitrogen and oxygen atoms in total. The maximum atomic E-state index is 11.5. The Hall–Kier alpha value is -0.860. The quantitative estimate of drug-likeness (QED) is 0.308. The molecule has 0 unspecified atom stereocenters. The molecule has 0 heterocycles. The fourth-order valence-electron chi connectivity index (χ4n) is 1.94. The Labute approximate surface area is 119 Å². The van der Waals surface area contributed by atoms with Crippen molar-refractivity contribution >= 4 is 11.6 Å². The van der Waals surface area contributed by atoms with Gasteiger partial charge >= 0.3 is 0 Å². The molecule has 0 spiro atoms. The molecule has 3 heteroatoms. The molecular formula is C16H32N2O. The van der Waals surface area contributed by atoms with E-state index in [1.54, 1.807) is 0 Å². The molecular weight excluding hydrogens is 236 g/mol. The van der Waals surface area contributed by atoms with Gasteiger partial charge in [-0.15, -0.1) is 0 Å². The summed E-state index contributed by atoms with van der Waals surface area (Å²) in [4.78, 5) is 11.5. The average molecular weight is 268 g/mol. The van der Waals surface area contributed by atoms with Crippen LogP contribution in [-0.4, -0.2) is 11.6 Å². The Kier molecular flexibility index (Phi) is 13.0. The van der Waals surface area contributed by atoms with Crippen molar-refractivity contribution in [3.05, 3.63) is 0 Å².